The zero-order chi connectivity index (χ0) is 29.8. The predicted octanol–water partition coefficient (Wildman–Crippen LogP) is 5.43. The summed E-state index contributed by atoms with van der Waals surface area (Å²) >= 11 is 6.05. The molecule has 3 aromatic carbocycles. The van der Waals surface area contributed by atoms with E-state index in [1.807, 2.05) is 30.3 Å². The van der Waals surface area contributed by atoms with Crippen molar-refractivity contribution in [2.75, 3.05) is 6.54 Å². The fraction of sp³-hybridized carbons (Fsp3) is 0.154. The first-order valence-electron chi connectivity index (χ1n) is 11.8. The summed E-state index contributed by atoms with van der Waals surface area (Å²) < 4.78 is 69.2. The molecule has 1 atom stereocenters. The summed E-state index contributed by atoms with van der Waals surface area (Å²) in [6.45, 7) is 1.17. The van der Waals surface area contributed by atoms with Gasteiger partial charge in [0.15, 0.2) is 0 Å². The highest BCUT2D eigenvalue weighted by atomic mass is 35.5. The van der Waals surface area contributed by atoms with Crippen molar-refractivity contribution >= 4 is 45.2 Å². The van der Waals surface area contributed by atoms with Crippen molar-refractivity contribution in [1.29, 1.82) is 5.53 Å². The van der Waals surface area contributed by atoms with Gasteiger partial charge in [-0.1, -0.05) is 54.1 Å². The van der Waals surface area contributed by atoms with E-state index >= 15 is 0 Å². The average Bonchev–Trinajstić information content (AvgIpc) is 3.38. The molecule has 2 N–H and O–H groups in total. The average molecular weight is 604 g/mol. The Morgan fingerprint density at radius 1 is 1.05 bits per heavy atom. The van der Waals surface area contributed by atoms with E-state index in [9.17, 15) is 26.4 Å². The lowest BCUT2D eigenvalue weighted by molar-refractivity contribution is -0.137. The van der Waals surface area contributed by atoms with Crippen LogP contribution in [0.25, 0.3) is 0 Å². The van der Waals surface area contributed by atoms with Gasteiger partial charge in [0.25, 0.3) is 21.9 Å². The van der Waals surface area contributed by atoms with Gasteiger partial charge in [-0.05, 0) is 47.5 Å². The summed E-state index contributed by atoms with van der Waals surface area (Å²) in [4.78, 5) is 15.0. The number of sulfonamides is 1. The Kier molecular flexibility index (Phi) is 8.63. The fourth-order valence-corrected chi connectivity index (χ4v) is 4.95. The van der Waals surface area contributed by atoms with E-state index in [1.54, 1.807) is 24.3 Å². The maximum atomic E-state index is 13.2. The first kappa shape index (κ1) is 29.6. The number of nitrogens with one attached hydrogen (secondary N) is 2. The van der Waals surface area contributed by atoms with Crippen LogP contribution in [0.3, 0.4) is 0 Å². The number of hydrogen-bond acceptors (Lipinski definition) is 5. The van der Waals surface area contributed by atoms with E-state index in [0.29, 0.717) is 28.4 Å². The summed E-state index contributed by atoms with van der Waals surface area (Å²) in [5.74, 6) is -2.19. The fourth-order valence-electron chi connectivity index (χ4n) is 3.89. The van der Waals surface area contributed by atoms with Crippen LogP contribution in [0.5, 0.6) is 0 Å². The van der Waals surface area contributed by atoms with E-state index in [4.69, 9.17) is 17.1 Å². The number of halogens is 4. The molecule has 3 aromatic rings. The largest absolute Gasteiger partial charge is 0.416 e. The minimum absolute atomic E-state index is 0.0399. The van der Waals surface area contributed by atoms with Crippen molar-refractivity contribution in [2.24, 2.45) is 19.6 Å². The molecule has 1 heterocycles. The Hall–Kier alpha value is -4.43. The molecule has 0 spiro atoms. The number of benzene rings is 3. The minimum Gasteiger partial charge on any atom is -0.293 e. The standard InChI is InChI=1S/C26H21ClF3N7O3S/c1-16(38)32-24(34-31)33-25(36-41(39,40)21-13-9-19(10-14-21)26(28,29)30)37-15-22(17-5-3-2-4-6-17)23(35-37)18-7-11-20(27)12-8-18/h2-14,22,31H,15H2,1H3,(H,32,33,36,38)/t22-/m1/s1. The van der Waals surface area contributed by atoms with Gasteiger partial charge >= 0.3 is 6.18 Å². The van der Waals surface area contributed by atoms with E-state index in [2.05, 4.69) is 24.9 Å². The molecule has 0 fully saturated rings. The van der Waals surface area contributed by atoms with Gasteiger partial charge < -0.3 is 0 Å². The molecule has 212 valence electrons. The summed E-state index contributed by atoms with van der Waals surface area (Å²) in [6.07, 6.45) is -4.67. The number of guanidine groups is 2. The molecule has 10 nitrogen and oxygen atoms in total. The van der Waals surface area contributed by atoms with Gasteiger partial charge in [0.05, 0.1) is 22.7 Å². The van der Waals surface area contributed by atoms with Crippen LogP contribution >= 0.6 is 11.6 Å². The van der Waals surface area contributed by atoms with Gasteiger partial charge in [0.2, 0.25) is 5.91 Å². The molecule has 1 aliphatic heterocycles. The first-order valence-corrected chi connectivity index (χ1v) is 13.6. The number of aliphatic imine (C=N–C) groups is 1. The van der Waals surface area contributed by atoms with Crippen molar-refractivity contribution in [3.05, 3.63) is 101 Å². The Balaban J connectivity index is 1.84. The molecule has 0 bridgehead atoms. The highest BCUT2D eigenvalue weighted by Crippen LogP contribution is 2.32. The van der Waals surface area contributed by atoms with Crippen molar-refractivity contribution < 1.29 is 26.4 Å². The maximum Gasteiger partial charge on any atom is 0.416 e. The highest BCUT2D eigenvalue weighted by Gasteiger charge is 2.34. The van der Waals surface area contributed by atoms with Crippen LogP contribution in [0.4, 0.5) is 13.2 Å². The van der Waals surface area contributed by atoms with Crippen LogP contribution in [0.2, 0.25) is 5.02 Å². The number of alkyl halides is 3. The normalized spacial score (nSPS) is 16.4. The number of hydrogen-bond donors (Lipinski definition) is 2. The van der Waals surface area contributed by atoms with E-state index in [1.165, 1.54) is 0 Å². The van der Waals surface area contributed by atoms with Crippen LogP contribution in [0.15, 0.2) is 103 Å². The minimum atomic E-state index is -4.67. The van der Waals surface area contributed by atoms with Gasteiger partial charge in [-0.15, -0.1) is 9.51 Å². The molecule has 0 unspecified atom stereocenters. The third-order valence-electron chi connectivity index (χ3n) is 5.77. The molecule has 0 aromatic heterocycles. The second-order valence-electron chi connectivity index (χ2n) is 8.65. The van der Waals surface area contributed by atoms with Gasteiger partial charge in [-0.25, -0.2) is 10.5 Å². The van der Waals surface area contributed by atoms with Crippen molar-refractivity contribution in [1.82, 2.24) is 10.3 Å². The number of rotatable bonds is 4. The molecular formula is C26H21ClF3N7O3S. The number of nitrogens with zero attached hydrogens (tertiary/aromatic N) is 5. The molecule has 0 aliphatic carbocycles. The summed E-state index contributed by atoms with van der Waals surface area (Å²) in [7, 11) is -4.64. The second kappa shape index (κ2) is 12.0. The Labute approximate surface area is 237 Å². The third kappa shape index (κ3) is 7.21. The molecule has 1 aliphatic rings. The lowest BCUT2D eigenvalue weighted by atomic mass is 9.91. The molecule has 0 radical (unpaired) electrons. The van der Waals surface area contributed by atoms with Crippen LogP contribution in [-0.2, 0) is 21.0 Å². The smallest absolute Gasteiger partial charge is 0.293 e. The van der Waals surface area contributed by atoms with Gasteiger partial charge in [0.1, 0.15) is 0 Å². The molecule has 41 heavy (non-hydrogen) atoms. The monoisotopic (exact) mass is 603 g/mol. The molecule has 4 rings (SSSR count). The Morgan fingerprint density at radius 2 is 1.68 bits per heavy atom. The van der Waals surface area contributed by atoms with Crippen molar-refractivity contribution in [2.45, 2.75) is 23.9 Å². The van der Waals surface area contributed by atoms with E-state index in [-0.39, 0.29) is 6.54 Å². The quantitative estimate of drug-likeness (QED) is 0.233. The number of carbonyl (C=O) groups excluding carboxylic acids is 1. The van der Waals surface area contributed by atoms with Gasteiger partial charge in [-0.3, -0.25) is 10.1 Å². The zero-order valence-corrected chi connectivity index (χ0v) is 22.7. The number of hydrazone groups is 1. The van der Waals surface area contributed by atoms with Crippen LogP contribution in [0.1, 0.15) is 29.5 Å². The SMILES string of the molecule is CC(=O)N/C(N=N)=N/C(=N\S(=O)(=O)c1ccc(C(F)(F)F)cc1)N1C[C@H](c2ccccc2)C(c2ccc(Cl)cc2)=N1. The molecule has 0 saturated carbocycles. The van der Waals surface area contributed by atoms with E-state index in [0.717, 1.165) is 29.6 Å². The third-order valence-corrected chi connectivity index (χ3v) is 7.29. The summed E-state index contributed by atoms with van der Waals surface area (Å²) in [5.41, 5.74) is 8.36. The summed E-state index contributed by atoms with van der Waals surface area (Å²) in [6, 6.07) is 18.8. The van der Waals surface area contributed by atoms with Crippen LogP contribution in [-0.4, -0.2) is 43.5 Å². The number of amides is 1. The van der Waals surface area contributed by atoms with Crippen LogP contribution in [0, 0.1) is 5.53 Å². The Morgan fingerprint density at radius 3 is 2.24 bits per heavy atom. The molecule has 15 heteroatoms. The predicted molar refractivity (Wildman–Crippen MR) is 146 cm³/mol. The number of carbonyl (C=O) groups is 1. The zero-order valence-electron chi connectivity index (χ0n) is 21.2. The second-order valence-corrected chi connectivity index (χ2v) is 10.7. The van der Waals surface area contributed by atoms with Crippen molar-refractivity contribution in [3.63, 3.8) is 0 Å². The molecule has 0 saturated heterocycles. The topological polar surface area (TPSA) is 140 Å². The van der Waals surface area contributed by atoms with Crippen LogP contribution < -0.4 is 5.32 Å². The van der Waals surface area contributed by atoms with Crippen molar-refractivity contribution in [3.8, 4) is 0 Å². The Bertz CT molecular complexity index is 1640. The molecule has 1 amide bonds. The van der Waals surface area contributed by atoms with Gasteiger partial charge in [-0.2, -0.15) is 31.7 Å². The first-order chi connectivity index (χ1) is 19.4. The maximum absolute atomic E-state index is 13.2. The molecular weight excluding hydrogens is 583 g/mol. The van der Waals surface area contributed by atoms with Gasteiger partial charge in [0, 0.05) is 17.9 Å². The lowest BCUT2D eigenvalue weighted by Crippen LogP contribution is -2.31. The highest BCUT2D eigenvalue weighted by molar-refractivity contribution is 7.90. The lowest BCUT2D eigenvalue weighted by Gasteiger charge is -2.16. The van der Waals surface area contributed by atoms with E-state index < -0.39 is 50.4 Å². The summed E-state index contributed by atoms with van der Waals surface area (Å²) in [5, 5.41) is 11.5.